The van der Waals surface area contributed by atoms with Crippen LogP contribution in [0.4, 0.5) is 11.4 Å². The van der Waals surface area contributed by atoms with Crippen molar-refractivity contribution in [3.8, 4) is 5.75 Å². The summed E-state index contributed by atoms with van der Waals surface area (Å²) in [4.78, 5) is 22.9. The summed E-state index contributed by atoms with van der Waals surface area (Å²) < 4.78 is 11.0. The summed E-state index contributed by atoms with van der Waals surface area (Å²) in [6.07, 6.45) is 0. The fourth-order valence-electron chi connectivity index (χ4n) is 2.81. The number of anilines is 1. The van der Waals surface area contributed by atoms with Gasteiger partial charge in [-0.1, -0.05) is 22.8 Å². The van der Waals surface area contributed by atoms with E-state index in [0.717, 1.165) is 17.2 Å². The zero-order valence-electron chi connectivity index (χ0n) is 16.0. The predicted molar refractivity (Wildman–Crippen MR) is 108 cm³/mol. The Morgan fingerprint density at radius 1 is 1.21 bits per heavy atom. The highest BCUT2D eigenvalue weighted by molar-refractivity contribution is 6.34. The number of nitro groups is 1. The van der Waals surface area contributed by atoms with Crippen molar-refractivity contribution in [2.24, 2.45) is 0 Å². The largest absolute Gasteiger partial charge is 0.489 e. The van der Waals surface area contributed by atoms with Gasteiger partial charge in [-0.2, -0.15) is 0 Å². The van der Waals surface area contributed by atoms with Gasteiger partial charge < -0.3 is 14.6 Å². The molecule has 29 heavy (non-hydrogen) atoms. The summed E-state index contributed by atoms with van der Waals surface area (Å²) in [5, 5.41) is 17.3. The van der Waals surface area contributed by atoms with Crippen LogP contribution in [-0.4, -0.2) is 16.0 Å². The van der Waals surface area contributed by atoms with Crippen LogP contribution >= 0.6 is 11.6 Å². The van der Waals surface area contributed by atoms with Gasteiger partial charge in [0.05, 0.1) is 21.2 Å². The summed E-state index contributed by atoms with van der Waals surface area (Å²) in [6.45, 7) is 5.71. The van der Waals surface area contributed by atoms with Crippen LogP contribution in [0.15, 0.2) is 40.9 Å². The van der Waals surface area contributed by atoms with Crippen LogP contribution in [0.5, 0.6) is 5.75 Å². The quantitative estimate of drug-likeness (QED) is 0.448. The van der Waals surface area contributed by atoms with E-state index in [1.165, 1.54) is 12.1 Å². The van der Waals surface area contributed by atoms with Gasteiger partial charge in [0.15, 0.2) is 5.69 Å². The first-order valence-electron chi connectivity index (χ1n) is 8.66. The molecule has 0 aliphatic carbocycles. The molecule has 0 aliphatic heterocycles. The maximum absolute atomic E-state index is 12.7. The molecule has 150 valence electrons. The lowest BCUT2D eigenvalue weighted by Gasteiger charge is -2.09. The average molecular weight is 416 g/mol. The number of nitrogens with one attached hydrogen (secondary N) is 1. The topological polar surface area (TPSA) is 108 Å². The van der Waals surface area contributed by atoms with Crippen molar-refractivity contribution in [1.29, 1.82) is 0 Å². The lowest BCUT2D eigenvalue weighted by molar-refractivity contribution is -0.384. The number of aromatic nitrogens is 1. The van der Waals surface area contributed by atoms with Gasteiger partial charge in [0.25, 0.3) is 11.6 Å². The Labute approximate surface area is 171 Å². The van der Waals surface area contributed by atoms with E-state index in [-0.39, 0.29) is 28.7 Å². The molecule has 1 aromatic heterocycles. The Morgan fingerprint density at radius 2 is 1.90 bits per heavy atom. The zero-order valence-corrected chi connectivity index (χ0v) is 16.7. The minimum absolute atomic E-state index is 0.0424. The lowest BCUT2D eigenvalue weighted by atomic mass is 10.1. The number of aryl methyl sites for hydroxylation is 3. The molecule has 2 aromatic carbocycles. The summed E-state index contributed by atoms with van der Waals surface area (Å²) in [5.41, 5.74) is 2.73. The third-order valence-electron chi connectivity index (χ3n) is 4.19. The van der Waals surface area contributed by atoms with Crippen molar-refractivity contribution < 1.29 is 19.0 Å². The number of benzene rings is 2. The van der Waals surface area contributed by atoms with Crippen LogP contribution in [0.1, 0.15) is 32.9 Å². The van der Waals surface area contributed by atoms with E-state index in [9.17, 15) is 14.9 Å². The van der Waals surface area contributed by atoms with E-state index >= 15 is 0 Å². The van der Waals surface area contributed by atoms with E-state index in [1.807, 2.05) is 32.0 Å². The van der Waals surface area contributed by atoms with Gasteiger partial charge in [0, 0.05) is 12.1 Å². The fourth-order valence-corrected chi connectivity index (χ4v) is 3.03. The molecule has 0 saturated heterocycles. The SMILES string of the molecule is Cc1cc(C)cc(OCc2c(C(=O)Nc3ccc([N+](=O)[O-])cc3Cl)noc2C)c1. The summed E-state index contributed by atoms with van der Waals surface area (Å²) in [5.74, 6) is 0.568. The average Bonchev–Trinajstić information content (AvgIpc) is 3.01. The van der Waals surface area contributed by atoms with Crippen molar-refractivity contribution >= 4 is 28.9 Å². The number of non-ortho nitro benzene ring substituents is 1. The highest BCUT2D eigenvalue weighted by Crippen LogP contribution is 2.28. The Kier molecular flexibility index (Phi) is 5.84. The second kappa shape index (κ2) is 8.32. The maximum Gasteiger partial charge on any atom is 0.278 e. The smallest absolute Gasteiger partial charge is 0.278 e. The second-order valence-electron chi connectivity index (χ2n) is 6.55. The molecule has 1 heterocycles. The van der Waals surface area contributed by atoms with Gasteiger partial charge in [0.1, 0.15) is 18.1 Å². The van der Waals surface area contributed by atoms with Crippen LogP contribution in [0.3, 0.4) is 0 Å². The molecule has 0 bridgehead atoms. The van der Waals surface area contributed by atoms with Gasteiger partial charge in [-0.25, -0.2) is 0 Å². The monoisotopic (exact) mass is 415 g/mol. The molecule has 1 amide bonds. The van der Waals surface area contributed by atoms with Crippen LogP contribution in [-0.2, 0) is 6.61 Å². The number of nitrogens with zero attached hydrogens (tertiary/aromatic N) is 2. The summed E-state index contributed by atoms with van der Waals surface area (Å²) in [7, 11) is 0. The molecule has 0 atom stereocenters. The first-order valence-corrected chi connectivity index (χ1v) is 9.04. The Balaban J connectivity index is 1.78. The summed E-state index contributed by atoms with van der Waals surface area (Å²) >= 11 is 6.03. The number of carbonyl (C=O) groups is 1. The Bertz CT molecular complexity index is 1070. The summed E-state index contributed by atoms with van der Waals surface area (Å²) in [6, 6.07) is 9.59. The fraction of sp³-hybridized carbons (Fsp3) is 0.200. The third-order valence-corrected chi connectivity index (χ3v) is 4.50. The van der Waals surface area contributed by atoms with E-state index in [0.29, 0.717) is 17.1 Å². The van der Waals surface area contributed by atoms with Crippen molar-refractivity contribution in [3.63, 3.8) is 0 Å². The minimum atomic E-state index is -0.569. The van der Waals surface area contributed by atoms with Gasteiger partial charge in [-0.05, 0) is 50.1 Å². The highest BCUT2D eigenvalue weighted by Gasteiger charge is 2.22. The number of halogens is 1. The van der Waals surface area contributed by atoms with Crippen LogP contribution in [0.25, 0.3) is 0 Å². The van der Waals surface area contributed by atoms with Gasteiger partial charge in [0.2, 0.25) is 0 Å². The first kappa shape index (κ1) is 20.3. The number of hydrogen-bond acceptors (Lipinski definition) is 6. The Morgan fingerprint density at radius 3 is 2.52 bits per heavy atom. The molecule has 0 unspecified atom stereocenters. The molecule has 3 rings (SSSR count). The van der Waals surface area contributed by atoms with Gasteiger partial charge in [-0.15, -0.1) is 0 Å². The van der Waals surface area contributed by atoms with Crippen LogP contribution in [0, 0.1) is 30.9 Å². The Hall–Kier alpha value is -3.39. The number of hydrogen-bond donors (Lipinski definition) is 1. The van der Waals surface area contributed by atoms with Gasteiger partial charge in [-0.3, -0.25) is 14.9 Å². The molecule has 0 fully saturated rings. The molecule has 8 nitrogen and oxygen atoms in total. The molecule has 0 aliphatic rings. The predicted octanol–water partition coefficient (Wildman–Crippen LogP) is 4.99. The maximum atomic E-state index is 12.7. The molecule has 0 spiro atoms. The number of amides is 1. The zero-order chi connectivity index (χ0) is 21.1. The lowest BCUT2D eigenvalue weighted by Crippen LogP contribution is -2.15. The number of carbonyl (C=O) groups excluding carboxylic acids is 1. The minimum Gasteiger partial charge on any atom is -0.489 e. The standard InChI is InChI=1S/C20H18ClN3O5/c1-11-6-12(2)8-15(7-11)28-10-16-13(3)29-23-19(16)20(25)22-18-5-4-14(24(26)27)9-17(18)21/h4-9H,10H2,1-3H3,(H,22,25). The van der Waals surface area contributed by atoms with Crippen LogP contribution < -0.4 is 10.1 Å². The van der Waals surface area contributed by atoms with E-state index in [2.05, 4.69) is 10.5 Å². The number of rotatable bonds is 6. The van der Waals surface area contributed by atoms with E-state index in [4.69, 9.17) is 20.9 Å². The second-order valence-corrected chi connectivity index (χ2v) is 6.96. The number of nitro benzene ring substituents is 1. The molecule has 3 aromatic rings. The van der Waals surface area contributed by atoms with Gasteiger partial charge >= 0.3 is 0 Å². The third kappa shape index (κ3) is 4.72. The van der Waals surface area contributed by atoms with Crippen molar-refractivity contribution in [1.82, 2.24) is 5.16 Å². The van der Waals surface area contributed by atoms with Crippen molar-refractivity contribution in [2.75, 3.05) is 5.32 Å². The normalized spacial score (nSPS) is 10.6. The molecular weight excluding hydrogens is 398 g/mol. The molecule has 1 N–H and O–H groups in total. The molecular formula is C20H18ClN3O5. The van der Waals surface area contributed by atoms with Crippen LogP contribution in [0.2, 0.25) is 5.02 Å². The van der Waals surface area contributed by atoms with E-state index < -0.39 is 10.8 Å². The van der Waals surface area contributed by atoms with Crippen molar-refractivity contribution in [3.05, 3.63) is 79.7 Å². The van der Waals surface area contributed by atoms with Crippen molar-refractivity contribution in [2.45, 2.75) is 27.4 Å². The number of ether oxygens (including phenoxy) is 1. The highest BCUT2D eigenvalue weighted by atomic mass is 35.5. The van der Waals surface area contributed by atoms with E-state index in [1.54, 1.807) is 6.92 Å². The molecule has 0 saturated carbocycles. The molecule has 9 heteroatoms. The molecule has 0 radical (unpaired) electrons. The first-order chi connectivity index (χ1) is 13.7.